The molecule has 1 saturated heterocycles. The van der Waals surface area contributed by atoms with Crippen LogP contribution in [-0.2, 0) is 9.59 Å². The van der Waals surface area contributed by atoms with Crippen molar-refractivity contribution in [2.75, 3.05) is 0 Å². The van der Waals surface area contributed by atoms with Crippen LogP contribution in [0.4, 0.5) is 0 Å². The summed E-state index contributed by atoms with van der Waals surface area (Å²) in [7, 11) is 0. The summed E-state index contributed by atoms with van der Waals surface area (Å²) < 4.78 is 0. The quantitative estimate of drug-likeness (QED) is 0.840. The van der Waals surface area contributed by atoms with Gasteiger partial charge in [0.15, 0.2) is 0 Å². The number of hydrogen-bond acceptors (Lipinski definition) is 2. The fraction of sp³-hybridized carbons (Fsp3) is 0.875. The monoisotopic (exact) mass is 280 g/mol. The molecule has 2 amide bonds. The maximum absolute atomic E-state index is 13.0. The van der Waals surface area contributed by atoms with E-state index in [0.29, 0.717) is 18.3 Å². The lowest BCUT2D eigenvalue weighted by Crippen LogP contribution is -2.71. The number of carbonyl (C=O) groups is 2. The summed E-state index contributed by atoms with van der Waals surface area (Å²) in [6.07, 6.45) is 3.72. The molecular weight excluding hydrogens is 252 g/mol. The van der Waals surface area contributed by atoms with E-state index in [0.717, 1.165) is 19.3 Å². The van der Waals surface area contributed by atoms with E-state index in [2.05, 4.69) is 26.1 Å². The number of nitrogens with zero attached hydrogens (tertiary/aromatic N) is 1. The molecule has 2 fully saturated rings. The molecule has 0 bridgehead atoms. The molecule has 0 spiro atoms. The van der Waals surface area contributed by atoms with Crippen LogP contribution >= 0.6 is 0 Å². The Hall–Kier alpha value is -1.06. The molecule has 1 aliphatic carbocycles. The largest absolute Gasteiger partial charge is 0.340 e. The van der Waals surface area contributed by atoms with Crippen LogP contribution in [0.15, 0.2) is 0 Å². The lowest BCUT2D eigenvalue weighted by molar-refractivity contribution is -0.158. The fourth-order valence-electron chi connectivity index (χ4n) is 3.55. The van der Waals surface area contributed by atoms with Crippen LogP contribution in [0.3, 0.4) is 0 Å². The molecule has 1 heterocycles. The summed E-state index contributed by atoms with van der Waals surface area (Å²) in [5, 5.41) is 3.01. The SMILES string of the molecule is CCC1C(=O)NC(C)(C2CC2)C(=O)N1C(C)CC(C)C. The van der Waals surface area contributed by atoms with Gasteiger partial charge in [0.1, 0.15) is 11.6 Å². The average molecular weight is 280 g/mol. The minimum absolute atomic E-state index is 0.0251. The smallest absolute Gasteiger partial charge is 0.249 e. The van der Waals surface area contributed by atoms with Gasteiger partial charge >= 0.3 is 0 Å². The molecule has 1 N–H and O–H groups in total. The highest BCUT2D eigenvalue weighted by Gasteiger charge is 2.55. The number of rotatable bonds is 5. The van der Waals surface area contributed by atoms with Gasteiger partial charge in [0, 0.05) is 6.04 Å². The summed E-state index contributed by atoms with van der Waals surface area (Å²) in [6, 6.07) is -0.181. The van der Waals surface area contributed by atoms with Crippen molar-refractivity contribution in [1.29, 1.82) is 0 Å². The third-order valence-electron chi connectivity index (χ3n) is 4.77. The van der Waals surface area contributed by atoms with E-state index in [1.165, 1.54) is 0 Å². The van der Waals surface area contributed by atoms with Crippen LogP contribution in [0.25, 0.3) is 0 Å². The Labute approximate surface area is 122 Å². The van der Waals surface area contributed by atoms with Crippen molar-refractivity contribution in [3.8, 4) is 0 Å². The second-order valence-electron chi connectivity index (χ2n) is 7.08. The zero-order chi connectivity index (χ0) is 15.1. The van der Waals surface area contributed by atoms with Gasteiger partial charge in [0.2, 0.25) is 11.8 Å². The maximum atomic E-state index is 13.0. The van der Waals surface area contributed by atoms with Crippen molar-refractivity contribution in [3.63, 3.8) is 0 Å². The van der Waals surface area contributed by atoms with Crippen LogP contribution in [0.1, 0.15) is 60.3 Å². The first-order valence-electron chi connectivity index (χ1n) is 7.96. The van der Waals surface area contributed by atoms with Gasteiger partial charge in [-0.15, -0.1) is 0 Å². The van der Waals surface area contributed by atoms with E-state index >= 15 is 0 Å². The van der Waals surface area contributed by atoms with Crippen molar-refractivity contribution in [1.82, 2.24) is 10.2 Å². The Morgan fingerprint density at radius 3 is 2.35 bits per heavy atom. The molecule has 1 saturated carbocycles. The lowest BCUT2D eigenvalue weighted by atomic mass is 9.87. The highest BCUT2D eigenvalue weighted by Crippen LogP contribution is 2.43. The number of hydrogen-bond donors (Lipinski definition) is 1. The fourth-order valence-corrected chi connectivity index (χ4v) is 3.55. The molecule has 0 aromatic heterocycles. The van der Waals surface area contributed by atoms with Gasteiger partial charge in [-0.2, -0.15) is 0 Å². The molecule has 0 aromatic rings. The minimum Gasteiger partial charge on any atom is -0.340 e. The van der Waals surface area contributed by atoms with Crippen molar-refractivity contribution in [2.45, 2.75) is 77.9 Å². The first kappa shape index (κ1) is 15.3. The summed E-state index contributed by atoms with van der Waals surface area (Å²) in [4.78, 5) is 27.3. The number of nitrogens with one attached hydrogen (secondary N) is 1. The van der Waals surface area contributed by atoms with Crippen molar-refractivity contribution >= 4 is 11.8 Å². The summed E-state index contributed by atoms with van der Waals surface area (Å²) in [5.41, 5.74) is -0.673. The Balaban J connectivity index is 2.27. The molecule has 114 valence electrons. The van der Waals surface area contributed by atoms with Gasteiger partial charge in [0.05, 0.1) is 0 Å². The second-order valence-corrected chi connectivity index (χ2v) is 7.08. The maximum Gasteiger partial charge on any atom is 0.249 e. The Kier molecular flexibility index (Phi) is 4.12. The van der Waals surface area contributed by atoms with Gasteiger partial charge in [-0.05, 0) is 51.4 Å². The van der Waals surface area contributed by atoms with Crippen LogP contribution in [0.2, 0.25) is 0 Å². The van der Waals surface area contributed by atoms with Crippen molar-refractivity contribution < 1.29 is 9.59 Å². The molecule has 0 radical (unpaired) electrons. The van der Waals surface area contributed by atoms with Crippen LogP contribution in [0.5, 0.6) is 0 Å². The first-order chi connectivity index (χ1) is 9.31. The molecule has 3 unspecified atom stereocenters. The van der Waals surface area contributed by atoms with E-state index in [9.17, 15) is 9.59 Å². The molecule has 1 aliphatic heterocycles. The van der Waals surface area contributed by atoms with Crippen LogP contribution in [-0.4, -0.2) is 34.3 Å². The van der Waals surface area contributed by atoms with E-state index in [4.69, 9.17) is 0 Å². The third kappa shape index (κ3) is 2.57. The summed E-state index contributed by atoms with van der Waals surface area (Å²) in [5.74, 6) is 0.995. The van der Waals surface area contributed by atoms with Gasteiger partial charge < -0.3 is 10.2 Å². The zero-order valence-electron chi connectivity index (χ0n) is 13.4. The average Bonchev–Trinajstić information content (AvgIpc) is 3.16. The summed E-state index contributed by atoms with van der Waals surface area (Å²) >= 11 is 0. The highest BCUT2D eigenvalue weighted by molar-refractivity contribution is 6.00. The van der Waals surface area contributed by atoms with E-state index in [-0.39, 0.29) is 23.9 Å². The van der Waals surface area contributed by atoms with Crippen LogP contribution < -0.4 is 5.32 Å². The van der Waals surface area contributed by atoms with Gasteiger partial charge in [-0.1, -0.05) is 20.8 Å². The third-order valence-corrected chi connectivity index (χ3v) is 4.77. The van der Waals surface area contributed by atoms with Crippen molar-refractivity contribution in [3.05, 3.63) is 0 Å². The van der Waals surface area contributed by atoms with Crippen LogP contribution in [0, 0.1) is 11.8 Å². The number of amides is 2. The van der Waals surface area contributed by atoms with E-state index in [1.807, 2.05) is 18.7 Å². The predicted octanol–water partition coefficient (Wildman–Crippen LogP) is 2.33. The highest BCUT2D eigenvalue weighted by atomic mass is 16.2. The molecule has 4 nitrogen and oxygen atoms in total. The first-order valence-corrected chi connectivity index (χ1v) is 7.96. The minimum atomic E-state index is -0.673. The Morgan fingerprint density at radius 1 is 1.30 bits per heavy atom. The lowest BCUT2D eigenvalue weighted by Gasteiger charge is -2.47. The Morgan fingerprint density at radius 2 is 1.90 bits per heavy atom. The van der Waals surface area contributed by atoms with Gasteiger partial charge in [-0.3, -0.25) is 9.59 Å². The van der Waals surface area contributed by atoms with Crippen molar-refractivity contribution in [2.24, 2.45) is 11.8 Å². The zero-order valence-corrected chi connectivity index (χ0v) is 13.4. The molecule has 3 atom stereocenters. The molecule has 20 heavy (non-hydrogen) atoms. The van der Waals surface area contributed by atoms with E-state index in [1.54, 1.807) is 0 Å². The standard InChI is InChI=1S/C16H28N2O2/c1-6-13-14(19)17-16(5,12-7-8-12)15(20)18(13)11(4)9-10(2)3/h10-13H,6-9H2,1-5H3,(H,17,19). The number of carbonyl (C=O) groups excluding carboxylic acids is 2. The predicted molar refractivity (Wildman–Crippen MR) is 79.1 cm³/mol. The topological polar surface area (TPSA) is 49.4 Å². The van der Waals surface area contributed by atoms with Gasteiger partial charge in [-0.25, -0.2) is 0 Å². The molecular formula is C16H28N2O2. The normalized spacial score (nSPS) is 32.5. The van der Waals surface area contributed by atoms with E-state index < -0.39 is 5.54 Å². The summed E-state index contributed by atoms with van der Waals surface area (Å²) in [6.45, 7) is 10.3. The van der Waals surface area contributed by atoms with Gasteiger partial charge in [0.25, 0.3) is 0 Å². The second kappa shape index (κ2) is 5.38. The Bertz CT molecular complexity index is 403. The number of piperazine rings is 1. The molecule has 0 aromatic carbocycles. The molecule has 2 rings (SSSR count). The molecule has 2 aliphatic rings. The molecule has 4 heteroatoms.